The molecule has 0 radical (unpaired) electrons. The molecule has 1 rings (SSSR count). The van der Waals surface area contributed by atoms with Gasteiger partial charge in [-0.1, -0.05) is 18.1 Å². The van der Waals surface area contributed by atoms with E-state index in [4.69, 9.17) is 0 Å². The fourth-order valence-electron chi connectivity index (χ4n) is 1.33. The van der Waals surface area contributed by atoms with Gasteiger partial charge in [-0.2, -0.15) is 0 Å². The molecule has 0 aromatic heterocycles. The van der Waals surface area contributed by atoms with Crippen LogP contribution in [0.1, 0.15) is 26.7 Å². The molecule has 0 aliphatic carbocycles. The Morgan fingerprint density at radius 3 is 2.78 bits per heavy atom. The van der Waals surface area contributed by atoms with Gasteiger partial charge in [-0.25, -0.2) is 0 Å². The van der Waals surface area contributed by atoms with Crippen molar-refractivity contribution in [3.8, 4) is 0 Å². The van der Waals surface area contributed by atoms with Crippen molar-refractivity contribution < 1.29 is 0 Å². The van der Waals surface area contributed by atoms with Crippen molar-refractivity contribution in [2.75, 3.05) is 13.1 Å². The average molecular weight is 125 g/mol. The molecule has 0 fully saturated rings. The third-order valence-corrected chi connectivity index (χ3v) is 2.02. The van der Waals surface area contributed by atoms with E-state index >= 15 is 0 Å². The Kier molecular flexibility index (Phi) is 2.29. The Balaban J connectivity index is 2.59. The van der Waals surface area contributed by atoms with E-state index in [1.165, 1.54) is 19.4 Å². The van der Waals surface area contributed by atoms with Gasteiger partial charge in [0.2, 0.25) is 0 Å². The first-order chi connectivity index (χ1) is 4.34. The van der Waals surface area contributed by atoms with E-state index in [1.807, 2.05) is 0 Å². The van der Waals surface area contributed by atoms with Crippen LogP contribution in [0.25, 0.3) is 0 Å². The second-order valence-corrected chi connectivity index (χ2v) is 2.66. The van der Waals surface area contributed by atoms with Crippen molar-refractivity contribution in [3.63, 3.8) is 0 Å². The summed E-state index contributed by atoms with van der Waals surface area (Å²) in [5, 5.41) is 3.34. The highest BCUT2D eigenvalue weighted by molar-refractivity contribution is 5.15. The van der Waals surface area contributed by atoms with E-state index in [0.717, 1.165) is 6.54 Å². The van der Waals surface area contributed by atoms with Crippen LogP contribution in [0.2, 0.25) is 0 Å². The van der Waals surface area contributed by atoms with E-state index in [9.17, 15) is 0 Å². The molecule has 0 unspecified atom stereocenters. The molecule has 0 atom stereocenters. The minimum atomic E-state index is 1.11. The number of nitrogens with one attached hydrogen (secondary N) is 1. The van der Waals surface area contributed by atoms with Gasteiger partial charge < -0.3 is 5.32 Å². The van der Waals surface area contributed by atoms with Crippen LogP contribution in [0.15, 0.2) is 11.1 Å². The van der Waals surface area contributed by atoms with Gasteiger partial charge in [0.05, 0.1) is 0 Å². The van der Waals surface area contributed by atoms with Gasteiger partial charge in [0.15, 0.2) is 0 Å². The molecule has 0 spiro atoms. The first kappa shape index (κ1) is 6.81. The van der Waals surface area contributed by atoms with E-state index in [2.05, 4.69) is 19.2 Å². The minimum absolute atomic E-state index is 1.11. The largest absolute Gasteiger partial charge is 0.313 e. The van der Waals surface area contributed by atoms with Gasteiger partial charge in [-0.05, 0) is 26.3 Å². The maximum absolute atomic E-state index is 3.34. The SMILES string of the molecule is CCC1=C(C)CNCC1. The minimum Gasteiger partial charge on any atom is -0.313 e. The first-order valence-electron chi connectivity index (χ1n) is 3.72. The van der Waals surface area contributed by atoms with Crippen LogP contribution in [0, 0.1) is 0 Å². The van der Waals surface area contributed by atoms with Crippen molar-refractivity contribution in [1.29, 1.82) is 0 Å². The summed E-state index contributed by atoms with van der Waals surface area (Å²) >= 11 is 0. The molecule has 0 bridgehead atoms. The van der Waals surface area contributed by atoms with Crippen LogP contribution >= 0.6 is 0 Å². The summed E-state index contributed by atoms with van der Waals surface area (Å²) < 4.78 is 0. The van der Waals surface area contributed by atoms with Gasteiger partial charge in [0, 0.05) is 6.54 Å². The number of hydrogen-bond acceptors (Lipinski definition) is 1. The molecule has 1 N–H and O–H groups in total. The summed E-state index contributed by atoms with van der Waals surface area (Å²) in [6, 6.07) is 0. The van der Waals surface area contributed by atoms with Crippen LogP contribution in [-0.2, 0) is 0 Å². The summed E-state index contributed by atoms with van der Waals surface area (Å²) in [5.74, 6) is 0. The lowest BCUT2D eigenvalue weighted by atomic mass is 10.0. The molecular formula is C8H15N. The van der Waals surface area contributed by atoms with Crippen molar-refractivity contribution in [3.05, 3.63) is 11.1 Å². The highest BCUT2D eigenvalue weighted by atomic mass is 14.9. The second-order valence-electron chi connectivity index (χ2n) is 2.66. The zero-order chi connectivity index (χ0) is 6.69. The highest BCUT2D eigenvalue weighted by Gasteiger charge is 2.04. The van der Waals surface area contributed by atoms with E-state index < -0.39 is 0 Å². The molecule has 9 heavy (non-hydrogen) atoms. The van der Waals surface area contributed by atoms with Crippen LogP contribution < -0.4 is 5.32 Å². The molecule has 0 saturated heterocycles. The summed E-state index contributed by atoms with van der Waals surface area (Å²) in [6.45, 7) is 6.76. The molecular weight excluding hydrogens is 110 g/mol. The Labute approximate surface area is 57.1 Å². The maximum Gasteiger partial charge on any atom is 0.0164 e. The zero-order valence-electron chi connectivity index (χ0n) is 6.33. The highest BCUT2D eigenvalue weighted by Crippen LogP contribution is 2.14. The third-order valence-electron chi connectivity index (χ3n) is 2.02. The summed E-state index contributed by atoms with van der Waals surface area (Å²) in [5.41, 5.74) is 3.22. The molecule has 1 heterocycles. The molecule has 0 saturated carbocycles. The third kappa shape index (κ3) is 1.55. The van der Waals surface area contributed by atoms with Gasteiger partial charge in [-0.15, -0.1) is 0 Å². The summed E-state index contributed by atoms with van der Waals surface area (Å²) in [4.78, 5) is 0. The zero-order valence-corrected chi connectivity index (χ0v) is 6.33. The van der Waals surface area contributed by atoms with E-state index in [1.54, 1.807) is 11.1 Å². The van der Waals surface area contributed by atoms with Crippen LogP contribution in [-0.4, -0.2) is 13.1 Å². The summed E-state index contributed by atoms with van der Waals surface area (Å²) in [6.07, 6.45) is 2.51. The molecule has 1 heteroatoms. The Morgan fingerprint density at radius 2 is 2.33 bits per heavy atom. The Bertz CT molecular complexity index is 125. The van der Waals surface area contributed by atoms with Gasteiger partial charge >= 0.3 is 0 Å². The Hall–Kier alpha value is -0.300. The molecule has 0 aromatic carbocycles. The van der Waals surface area contributed by atoms with Crippen LogP contribution in [0.3, 0.4) is 0 Å². The smallest absolute Gasteiger partial charge is 0.0164 e. The summed E-state index contributed by atoms with van der Waals surface area (Å²) in [7, 11) is 0. The predicted molar refractivity (Wildman–Crippen MR) is 40.5 cm³/mol. The molecule has 1 aliphatic heterocycles. The lowest BCUT2D eigenvalue weighted by molar-refractivity contribution is 0.661. The van der Waals surface area contributed by atoms with E-state index in [0.29, 0.717) is 0 Å². The number of hydrogen-bond donors (Lipinski definition) is 1. The van der Waals surface area contributed by atoms with Crippen LogP contribution in [0.4, 0.5) is 0 Å². The van der Waals surface area contributed by atoms with Gasteiger partial charge in [-0.3, -0.25) is 0 Å². The van der Waals surface area contributed by atoms with Crippen LogP contribution in [0.5, 0.6) is 0 Å². The van der Waals surface area contributed by atoms with Crippen molar-refractivity contribution >= 4 is 0 Å². The molecule has 0 amide bonds. The second kappa shape index (κ2) is 3.02. The quantitative estimate of drug-likeness (QED) is 0.526. The fraction of sp³-hybridized carbons (Fsp3) is 0.750. The Morgan fingerprint density at radius 1 is 1.56 bits per heavy atom. The van der Waals surface area contributed by atoms with Crippen molar-refractivity contribution in [2.45, 2.75) is 26.7 Å². The maximum atomic E-state index is 3.34. The van der Waals surface area contributed by atoms with Crippen molar-refractivity contribution in [2.24, 2.45) is 0 Å². The monoisotopic (exact) mass is 125 g/mol. The normalized spacial score (nSPS) is 20.7. The van der Waals surface area contributed by atoms with E-state index in [-0.39, 0.29) is 0 Å². The van der Waals surface area contributed by atoms with Gasteiger partial charge in [0.25, 0.3) is 0 Å². The molecule has 1 nitrogen and oxygen atoms in total. The predicted octanol–water partition coefficient (Wildman–Crippen LogP) is 1.71. The molecule has 52 valence electrons. The molecule has 1 aliphatic rings. The topological polar surface area (TPSA) is 12.0 Å². The lowest BCUT2D eigenvalue weighted by Gasteiger charge is -2.17. The lowest BCUT2D eigenvalue weighted by Crippen LogP contribution is -2.23. The molecule has 0 aromatic rings. The first-order valence-corrected chi connectivity index (χ1v) is 3.72. The standard InChI is InChI=1S/C8H15N/c1-3-8-4-5-9-6-7(8)2/h9H,3-6H2,1-2H3. The average Bonchev–Trinajstić information content (AvgIpc) is 1.89. The fourth-order valence-corrected chi connectivity index (χ4v) is 1.33. The van der Waals surface area contributed by atoms with Crippen molar-refractivity contribution in [1.82, 2.24) is 5.32 Å². The number of rotatable bonds is 1. The van der Waals surface area contributed by atoms with Gasteiger partial charge in [0.1, 0.15) is 0 Å².